The summed E-state index contributed by atoms with van der Waals surface area (Å²) in [6.07, 6.45) is 2.12. The third-order valence-corrected chi connectivity index (χ3v) is 5.71. The van der Waals surface area contributed by atoms with Crippen LogP contribution in [0.4, 0.5) is 0 Å². The molecule has 1 unspecified atom stereocenters. The van der Waals surface area contributed by atoms with E-state index in [1.807, 2.05) is 48.5 Å². The number of nitrogens with zero attached hydrogens (tertiary/aromatic N) is 1. The van der Waals surface area contributed by atoms with Crippen LogP contribution in [0.2, 0.25) is 0 Å². The highest BCUT2D eigenvalue weighted by molar-refractivity contribution is 5.62. The van der Waals surface area contributed by atoms with Gasteiger partial charge in [0, 0.05) is 11.1 Å². The van der Waals surface area contributed by atoms with E-state index in [2.05, 4.69) is 19.2 Å². The molecule has 2 aliphatic heterocycles. The summed E-state index contributed by atoms with van der Waals surface area (Å²) in [7, 11) is 5.43. The van der Waals surface area contributed by atoms with Gasteiger partial charge in [-0.3, -0.25) is 0 Å². The van der Waals surface area contributed by atoms with E-state index in [1.165, 1.54) is 4.90 Å². The highest BCUT2D eigenvalue weighted by Crippen LogP contribution is 2.41. The maximum atomic E-state index is 9.85. The van der Waals surface area contributed by atoms with Crippen molar-refractivity contribution in [2.24, 2.45) is 5.73 Å². The maximum Gasteiger partial charge on any atom is 0.205 e. The van der Waals surface area contributed by atoms with Crippen molar-refractivity contribution in [1.82, 2.24) is 0 Å². The molecule has 158 valence electrons. The van der Waals surface area contributed by atoms with E-state index in [9.17, 15) is 5.26 Å². The van der Waals surface area contributed by atoms with Gasteiger partial charge < -0.3 is 24.8 Å². The number of likely N-dealkylation sites (N-methyl/N-ethyl adjacent to an activating group) is 1. The fraction of sp³-hybridized carbons (Fsp3) is 0.240. The van der Waals surface area contributed by atoms with Crippen LogP contribution in [0.15, 0.2) is 76.9 Å². The highest BCUT2D eigenvalue weighted by Gasteiger charge is 2.38. The maximum absolute atomic E-state index is 9.85. The molecule has 2 aromatic rings. The zero-order valence-corrected chi connectivity index (χ0v) is 17.9. The van der Waals surface area contributed by atoms with Crippen molar-refractivity contribution >= 4 is 6.08 Å². The Kier molecular flexibility index (Phi) is 5.70. The molecule has 6 nitrogen and oxygen atoms in total. The number of nitriles is 1. The molecule has 0 amide bonds. The van der Waals surface area contributed by atoms with Crippen LogP contribution in [0, 0.1) is 11.3 Å². The molecule has 2 aliphatic rings. The Labute approximate surface area is 182 Å². The number of ether oxygens (including phenoxy) is 3. The van der Waals surface area contributed by atoms with Crippen LogP contribution >= 0.6 is 0 Å². The molecule has 0 saturated heterocycles. The molecule has 0 aliphatic carbocycles. The molecule has 4 rings (SSSR count). The molecule has 0 saturated carbocycles. The number of hydrogen-bond donors (Lipinski definition) is 2. The number of methoxy groups -OCH3 is 2. The van der Waals surface area contributed by atoms with Gasteiger partial charge in [-0.2, -0.15) is 5.26 Å². The van der Waals surface area contributed by atoms with Crippen molar-refractivity contribution in [3.05, 3.63) is 88.0 Å². The van der Waals surface area contributed by atoms with E-state index < -0.39 is 0 Å². The first-order valence-electron chi connectivity index (χ1n) is 10.1. The molecule has 0 fully saturated rings. The Morgan fingerprint density at radius 3 is 2.23 bits per heavy atom. The first-order chi connectivity index (χ1) is 15.0. The van der Waals surface area contributed by atoms with Crippen LogP contribution in [0.1, 0.15) is 17.0 Å². The zero-order chi connectivity index (χ0) is 22.0. The number of quaternary nitrogens is 1. The van der Waals surface area contributed by atoms with Crippen LogP contribution in [-0.2, 0) is 4.74 Å². The van der Waals surface area contributed by atoms with Crippen LogP contribution in [0.3, 0.4) is 0 Å². The van der Waals surface area contributed by atoms with Crippen molar-refractivity contribution in [3.63, 3.8) is 0 Å². The van der Waals surface area contributed by atoms with E-state index in [0.29, 0.717) is 5.57 Å². The first-order valence-corrected chi connectivity index (χ1v) is 10.1. The summed E-state index contributed by atoms with van der Waals surface area (Å²) in [4.78, 5) is 1.32. The highest BCUT2D eigenvalue weighted by atomic mass is 16.5. The smallest absolute Gasteiger partial charge is 0.205 e. The molecule has 31 heavy (non-hydrogen) atoms. The van der Waals surface area contributed by atoms with Crippen molar-refractivity contribution in [2.45, 2.75) is 5.92 Å². The van der Waals surface area contributed by atoms with Gasteiger partial charge >= 0.3 is 0 Å². The standard InChI is InChI=1S/C25H25N3O3/c1-28-14-18(12-16-4-8-19(29-2)9-5-16)24-22(15-28)23(21(13-26)25(27)31-24)17-6-10-20(30-3)11-7-17/h4-12,23H,14-15,27H2,1-3H3/p+1/b18-12-/t23-/m1/s1. The second kappa shape index (κ2) is 8.58. The van der Waals surface area contributed by atoms with E-state index in [-0.39, 0.29) is 11.8 Å². The molecule has 3 N–H and O–H groups in total. The van der Waals surface area contributed by atoms with Crippen LogP contribution < -0.4 is 20.1 Å². The number of hydrogen-bond acceptors (Lipinski definition) is 5. The lowest BCUT2D eigenvalue weighted by atomic mass is 9.80. The summed E-state index contributed by atoms with van der Waals surface area (Å²) in [6, 6.07) is 18.0. The predicted octanol–water partition coefficient (Wildman–Crippen LogP) is 2.38. The average Bonchev–Trinajstić information content (AvgIpc) is 2.79. The van der Waals surface area contributed by atoms with Crippen LogP contribution in [-0.4, -0.2) is 34.4 Å². The quantitative estimate of drug-likeness (QED) is 0.800. The first kappa shape index (κ1) is 20.6. The van der Waals surface area contributed by atoms with Gasteiger partial charge in [-0.1, -0.05) is 24.3 Å². The molecule has 6 heteroatoms. The van der Waals surface area contributed by atoms with Crippen molar-refractivity contribution in [3.8, 4) is 17.6 Å². The summed E-state index contributed by atoms with van der Waals surface area (Å²) in [5.74, 6) is 2.29. The normalized spacial score (nSPS) is 21.9. The van der Waals surface area contributed by atoms with Gasteiger partial charge in [-0.25, -0.2) is 0 Å². The van der Waals surface area contributed by atoms with E-state index in [1.54, 1.807) is 14.2 Å². The summed E-state index contributed by atoms with van der Waals surface area (Å²) in [5.41, 5.74) is 10.9. The van der Waals surface area contributed by atoms with Gasteiger partial charge in [0.1, 0.15) is 42.0 Å². The molecule has 2 aromatic carbocycles. The summed E-state index contributed by atoms with van der Waals surface area (Å²) >= 11 is 0. The van der Waals surface area contributed by atoms with E-state index in [4.69, 9.17) is 19.9 Å². The van der Waals surface area contributed by atoms with Crippen LogP contribution in [0.5, 0.6) is 11.5 Å². The Bertz CT molecular complexity index is 1110. The summed E-state index contributed by atoms with van der Waals surface area (Å²) < 4.78 is 16.6. The minimum atomic E-state index is -0.242. The molecule has 2 atom stereocenters. The number of benzene rings is 2. The van der Waals surface area contributed by atoms with Crippen molar-refractivity contribution < 1.29 is 19.1 Å². The average molecular weight is 417 g/mol. The molecule has 0 bridgehead atoms. The lowest BCUT2D eigenvalue weighted by Crippen LogP contribution is -3.10. The molecule has 0 aromatic heterocycles. The van der Waals surface area contributed by atoms with E-state index in [0.717, 1.165) is 52.6 Å². The lowest BCUT2D eigenvalue weighted by molar-refractivity contribution is -0.871. The number of allylic oxidation sites excluding steroid dienone is 1. The number of rotatable bonds is 4. The second-order valence-corrected chi connectivity index (χ2v) is 7.81. The second-order valence-electron chi connectivity index (χ2n) is 7.81. The van der Waals surface area contributed by atoms with Gasteiger partial charge in [0.05, 0.1) is 27.2 Å². The van der Waals surface area contributed by atoms with Crippen molar-refractivity contribution in [2.75, 3.05) is 34.4 Å². The molecule has 0 radical (unpaired) electrons. The van der Waals surface area contributed by atoms with E-state index >= 15 is 0 Å². The van der Waals surface area contributed by atoms with Gasteiger partial charge in [0.15, 0.2) is 0 Å². The minimum Gasteiger partial charge on any atom is -0.497 e. The number of nitrogens with one attached hydrogen (secondary N) is 1. The fourth-order valence-corrected chi connectivity index (χ4v) is 4.23. The molecular formula is C25H26N3O3+. The fourth-order valence-electron chi connectivity index (χ4n) is 4.23. The lowest BCUT2D eigenvalue weighted by Gasteiger charge is -2.35. The zero-order valence-electron chi connectivity index (χ0n) is 17.9. The Morgan fingerprint density at radius 2 is 1.65 bits per heavy atom. The minimum absolute atomic E-state index is 0.169. The third-order valence-electron chi connectivity index (χ3n) is 5.71. The Balaban J connectivity index is 1.81. The topological polar surface area (TPSA) is 81.9 Å². The van der Waals surface area contributed by atoms with Crippen molar-refractivity contribution in [1.29, 1.82) is 5.26 Å². The molecule has 2 heterocycles. The van der Waals surface area contributed by atoms with Gasteiger partial charge in [0.25, 0.3) is 0 Å². The van der Waals surface area contributed by atoms with Gasteiger partial charge in [0.2, 0.25) is 5.88 Å². The molecule has 0 spiro atoms. The Hall–Kier alpha value is -3.69. The monoisotopic (exact) mass is 416 g/mol. The van der Waals surface area contributed by atoms with Crippen LogP contribution in [0.25, 0.3) is 6.08 Å². The largest absolute Gasteiger partial charge is 0.497 e. The molecular weight excluding hydrogens is 390 g/mol. The van der Waals surface area contributed by atoms with Gasteiger partial charge in [-0.05, 0) is 41.5 Å². The number of nitrogens with two attached hydrogens (primary N) is 1. The summed E-state index contributed by atoms with van der Waals surface area (Å²) in [5, 5.41) is 9.85. The predicted molar refractivity (Wildman–Crippen MR) is 118 cm³/mol. The SMILES string of the molecule is COc1ccc(/C=C2/C[NH+](C)CC3=C2OC(N)=C(C#N)[C@H]3c2ccc(OC)cc2)cc1. The summed E-state index contributed by atoms with van der Waals surface area (Å²) in [6.45, 7) is 1.57. The Morgan fingerprint density at radius 1 is 1.03 bits per heavy atom. The van der Waals surface area contributed by atoms with Gasteiger partial charge in [-0.15, -0.1) is 0 Å². The third kappa shape index (κ3) is 4.00.